The van der Waals surface area contributed by atoms with Gasteiger partial charge in [-0.25, -0.2) is 9.97 Å². The second kappa shape index (κ2) is 6.09. The van der Waals surface area contributed by atoms with Gasteiger partial charge in [0, 0.05) is 13.2 Å². The molecule has 1 heterocycles. The van der Waals surface area contributed by atoms with Gasteiger partial charge in [0.1, 0.15) is 11.6 Å². The van der Waals surface area contributed by atoms with Crippen LogP contribution in [0.3, 0.4) is 0 Å². The standard InChI is InChI=1S/C12H10F2IN3O/c1-16-11-8(15)6-17-10(18-11)7-4-2-3-5-9(7)19-12(13)14/h2-6,12H,1H3,(H,16,17,18). The minimum Gasteiger partial charge on any atom is -0.434 e. The molecule has 0 unspecified atom stereocenters. The van der Waals surface area contributed by atoms with Crippen LogP contribution in [0.5, 0.6) is 5.75 Å². The van der Waals surface area contributed by atoms with Gasteiger partial charge in [-0.05, 0) is 34.7 Å². The summed E-state index contributed by atoms with van der Waals surface area (Å²) < 4.78 is 30.0. The molecule has 7 heteroatoms. The first-order valence-electron chi connectivity index (χ1n) is 5.36. The van der Waals surface area contributed by atoms with E-state index in [1.807, 2.05) is 0 Å². The molecule has 2 aromatic rings. The zero-order valence-corrected chi connectivity index (χ0v) is 12.1. The van der Waals surface area contributed by atoms with Crippen LogP contribution >= 0.6 is 22.6 Å². The molecule has 0 atom stereocenters. The van der Waals surface area contributed by atoms with E-state index >= 15 is 0 Å². The summed E-state index contributed by atoms with van der Waals surface area (Å²) in [7, 11) is 1.73. The first-order chi connectivity index (χ1) is 9.11. The van der Waals surface area contributed by atoms with Crippen LogP contribution in [-0.2, 0) is 0 Å². The third-order valence-electron chi connectivity index (χ3n) is 2.32. The van der Waals surface area contributed by atoms with Crippen LogP contribution in [0.1, 0.15) is 0 Å². The van der Waals surface area contributed by atoms with Crippen LogP contribution in [0.15, 0.2) is 30.5 Å². The molecule has 0 saturated heterocycles. The van der Waals surface area contributed by atoms with Crippen LogP contribution in [0.25, 0.3) is 11.4 Å². The number of halogens is 3. The molecular formula is C12H10F2IN3O. The summed E-state index contributed by atoms with van der Waals surface area (Å²) in [5.74, 6) is 1.03. The Hall–Kier alpha value is -1.51. The number of hydrogen-bond donors (Lipinski definition) is 1. The molecule has 0 fully saturated rings. The van der Waals surface area contributed by atoms with E-state index in [4.69, 9.17) is 0 Å². The molecule has 1 aromatic heterocycles. The van der Waals surface area contributed by atoms with Gasteiger partial charge >= 0.3 is 6.61 Å². The molecule has 4 nitrogen and oxygen atoms in total. The van der Waals surface area contributed by atoms with E-state index in [2.05, 4.69) is 42.6 Å². The number of nitrogens with zero attached hydrogens (tertiary/aromatic N) is 2. The van der Waals surface area contributed by atoms with Crippen molar-refractivity contribution in [1.82, 2.24) is 9.97 Å². The largest absolute Gasteiger partial charge is 0.434 e. The van der Waals surface area contributed by atoms with Gasteiger partial charge in [-0.3, -0.25) is 0 Å². The Morgan fingerprint density at radius 3 is 2.74 bits per heavy atom. The lowest BCUT2D eigenvalue weighted by molar-refractivity contribution is -0.0494. The molecule has 0 aliphatic heterocycles. The van der Waals surface area contributed by atoms with Gasteiger partial charge < -0.3 is 10.1 Å². The molecule has 1 N–H and O–H groups in total. The summed E-state index contributed by atoms with van der Waals surface area (Å²) in [6.45, 7) is -2.88. The van der Waals surface area contributed by atoms with Crippen molar-refractivity contribution in [2.24, 2.45) is 0 Å². The molecule has 0 aliphatic rings. The number of nitrogens with one attached hydrogen (secondary N) is 1. The number of ether oxygens (including phenoxy) is 1. The van der Waals surface area contributed by atoms with Gasteiger partial charge in [-0.15, -0.1) is 0 Å². The number of para-hydroxylation sites is 1. The number of hydrogen-bond acceptors (Lipinski definition) is 4. The maximum Gasteiger partial charge on any atom is 0.387 e. The summed E-state index contributed by atoms with van der Waals surface area (Å²) >= 11 is 2.09. The minimum atomic E-state index is -2.88. The zero-order valence-electron chi connectivity index (χ0n) is 9.90. The Morgan fingerprint density at radius 2 is 2.05 bits per heavy atom. The highest BCUT2D eigenvalue weighted by Gasteiger charge is 2.13. The van der Waals surface area contributed by atoms with Crippen molar-refractivity contribution in [2.45, 2.75) is 6.61 Å². The summed E-state index contributed by atoms with van der Waals surface area (Å²) in [6, 6.07) is 6.43. The van der Waals surface area contributed by atoms with Gasteiger partial charge in [0.25, 0.3) is 0 Å². The molecule has 0 aliphatic carbocycles. The molecule has 100 valence electrons. The minimum absolute atomic E-state index is 0.0563. The van der Waals surface area contributed by atoms with E-state index in [9.17, 15) is 8.78 Å². The lowest BCUT2D eigenvalue weighted by atomic mass is 10.2. The van der Waals surface area contributed by atoms with Crippen molar-refractivity contribution < 1.29 is 13.5 Å². The van der Waals surface area contributed by atoms with Crippen LogP contribution in [0.2, 0.25) is 0 Å². The molecule has 0 bridgehead atoms. The second-order valence-corrected chi connectivity index (χ2v) is 4.68. The fourth-order valence-electron chi connectivity index (χ4n) is 1.52. The molecule has 0 amide bonds. The fraction of sp³-hybridized carbons (Fsp3) is 0.167. The van der Waals surface area contributed by atoms with Crippen molar-refractivity contribution in [1.29, 1.82) is 0 Å². The van der Waals surface area contributed by atoms with Crippen molar-refractivity contribution in [3.63, 3.8) is 0 Å². The summed E-state index contributed by atoms with van der Waals surface area (Å²) in [4.78, 5) is 8.42. The third-order valence-corrected chi connectivity index (χ3v) is 3.11. The second-order valence-electron chi connectivity index (χ2n) is 3.51. The first kappa shape index (κ1) is 13.9. The Kier molecular flexibility index (Phi) is 4.46. The lowest BCUT2D eigenvalue weighted by Crippen LogP contribution is -2.05. The van der Waals surface area contributed by atoms with Crippen molar-refractivity contribution >= 4 is 28.4 Å². The van der Waals surface area contributed by atoms with E-state index in [1.54, 1.807) is 31.4 Å². The van der Waals surface area contributed by atoms with Crippen LogP contribution in [0, 0.1) is 3.57 Å². The monoisotopic (exact) mass is 377 g/mol. The molecule has 0 spiro atoms. The van der Waals surface area contributed by atoms with Crippen molar-refractivity contribution in [3.05, 3.63) is 34.0 Å². The summed E-state index contributed by atoms with van der Waals surface area (Å²) in [6.07, 6.45) is 1.62. The van der Waals surface area contributed by atoms with E-state index in [1.165, 1.54) is 6.07 Å². The van der Waals surface area contributed by atoms with Crippen LogP contribution in [0.4, 0.5) is 14.6 Å². The molecule has 2 rings (SSSR count). The number of anilines is 1. The lowest BCUT2D eigenvalue weighted by Gasteiger charge is -2.10. The molecule has 0 radical (unpaired) electrons. The van der Waals surface area contributed by atoms with E-state index in [-0.39, 0.29) is 5.75 Å². The van der Waals surface area contributed by atoms with Crippen LogP contribution in [-0.4, -0.2) is 23.6 Å². The van der Waals surface area contributed by atoms with Crippen molar-refractivity contribution in [2.75, 3.05) is 12.4 Å². The smallest absolute Gasteiger partial charge is 0.387 e. The number of aromatic nitrogens is 2. The average molecular weight is 377 g/mol. The van der Waals surface area contributed by atoms with E-state index in [0.717, 1.165) is 3.57 Å². The number of rotatable bonds is 4. The SMILES string of the molecule is CNc1nc(-c2ccccc2OC(F)F)ncc1I. The van der Waals surface area contributed by atoms with E-state index in [0.29, 0.717) is 17.2 Å². The zero-order chi connectivity index (χ0) is 13.8. The van der Waals surface area contributed by atoms with Gasteiger partial charge in [0.15, 0.2) is 5.82 Å². The highest BCUT2D eigenvalue weighted by Crippen LogP contribution is 2.29. The number of alkyl halides is 2. The predicted octanol–water partition coefficient (Wildman–Crippen LogP) is 3.39. The number of benzene rings is 1. The maximum atomic E-state index is 12.3. The maximum absolute atomic E-state index is 12.3. The Bertz CT molecular complexity index is 581. The third kappa shape index (κ3) is 3.28. The molecule has 1 aromatic carbocycles. The molecule has 0 saturated carbocycles. The highest BCUT2D eigenvalue weighted by atomic mass is 127. The van der Waals surface area contributed by atoms with E-state index < -0.39 is 6.61 Å². The topological polar surface area (TPSA) is 47.0 Å². The van der Waals surface area contributed by atoms with Crippen LogP contribution < -0.4 is 10.1 Å². The summed E-state index contributed by atoms with van der Waals surface area (Å²) in [5.41, 5.74) is 0.427. The van der Waals surface area contributed by atoms with Gasteiger partial charge in [0.05, 0.1) is 9.13 Å². The molecule has 19 heavy (non-hydrogen) atoms. The van der Waals surface area contributed by atoms with Gasteiger partial charge in [0.2, 0.25) is 0 Å². The predicted molar refractivity (Wildman–Crippen MR) is 76.4 cm³/mol. The normalized spacial score (nSPS) is 10.6. The fourth-order valence-corrected chi connectivity index (χ4v) is 2.05. The Balaban J connectivity index is 2.46. The summed E-state index contributed by atoms with van der Waals surface area (Å²) in [5, 5.41) is 2.92. The van der Waals surface area contributed by atoms with Gasteiger partial charge in [-0.1, -0.05) is 12.1 Å². The first-order valence-corrected chi connectivity index (χ1v) is 6.44. The van der Waals surface area contributed by atoms with Gasteiger partial charge in [-0.2, -0.15) is 8.78 Å². The Labute approximate surface area is 122 Å². The average Bonchev–Trinajstić information content (AvgIpc) is 2.39. The Morgan fingerprint density at radius 1 is 1.32 bits per heavy atom. The highest BCUT2D eigenvalue weighted by molar-refractivity contribution is 14.1. The quantitative estimate of drug-likeness (QED) is 0.830. The molecular weight excluding hydrogens is 367 g/mol. The van der Waals surface area contributed by atoms with Crippen molar-refractivity contribution in [3.8, 4) is 17.1 Å².